The van der Waals surface area contributed by atoms with Crippen molar-refractivity contribution in [3.63, 3.8) is 0 Å². The van der Waals surface area contributed by atoms with Gasteiger partial charge in [0, 0.05) is 30.5 Å². The Labute approximate surface area is 170 Å². The van der Waals surface area contributed by atoms with Gasteiger partial charge in [-0.15, -0.1) is 0 Å². The van der Waals surface area contributed by atoms with Crippen LogP contribution in [0.5, 0.6) is 0 Å². The van der Waals surface area contributed by atoms with Crippen LogP contribution in [0.3, 0.4) is 0 Å². The summed E-state index contributed by atoms with van der Waals surface area (Å²) in [6.07, 6.45) is 6.96. The smallest absolute Gasteiger partial charge is 0.254 e. The highest BCUT2D eigenvalue weighted by Gasteiger charge is 2.40. The number of rotatable bonds is 4. The summed E-state index contributed by atoms with van der Waals surface area (Å²) >= 11 is 0. The average molecular weight is 403 g/mol. The number of aromatic nitrogens is 1. The van der Waals surface area contributed by atoms with Crippen molar-refractivity contribution in [1.82, 2.24) is 15.2 Å². The summed E-state index contributed by atoms with van der Waals surface area (Å²) in [5.41, 5.74) is 0.537. The van der Waals surface area contributed by atoms with Crippen LogP contribution in [-0.2, 0) is 14.3 Å². The molecule has 29 heavy (non-hydrogen) atoms. The molecule has 1 aromatic heterocycles. The molecule has 0 bridgehead atoms. The zero-order valence-electron chi connectivity index (χ0n) is 16.5. The molecule has 0 unspecified atom stereocenters. The minimum absolute atomic E-state index is 0.0325. The first-order valence-electron chi connectivity index (χ1n) is 10.5. The number of nitrogens with zero attached hydrogens (tertiary/aromatic N) is 2. The van der Waals surface area contributed by atoms with Crippen molar-refractivity contribution in [2.24, 2.45) is 0 Å². The van der Waals surface area contributed by atoms with E-state index in [9.17, 15) is 14.7 Å². The van der Waals surface area contributed by atoms with Gasteiger partial charge in [0.15, 0.2) is 0 Å². The van der Waals surface area contributed by atoms with Gasteiger partial charge in [0.1, 0.15) is 6.10 Å². The summed E-state index contributed by atoms with van der Waals surface area (Å²) in [5, 5.41) is 13.3. The number of amides is 2. The second kappa shape index (κ2) is 9.19. The second-order valence-corrected chi connectivity index (χ2v) is 8.23. The Hall–Kier alpha value is -2.03. The van der Waals surface area contributed by atoms with E-state index in [0.717, 1.165) is 12.8 Å². The summed E-state index contributed by atoms with van der Waals surface area (Å²) < 4.78 is 11.8. The summed E-state index contributed by atoms with van der Waals surface area (Å²) in [5.74, 6) is -0.113. The number of hydrogen-bond acceptors (Lipinski definition) is 6. The zero-order valence-corrected chi connectivity index (χ0v) is 16.5. The van der Waals surface area contributed by atoms with Gasteiger partial charge in [0.25, 0.3) is 5.91 Å². The van der Waals surface area contributed by atoms with E-state index in [1.165, 1.54) is 6.42 Å². The highest BCUT2D eigenvalue weighted by molar-refractivity contribution is 5.94. The van der Waals surface area contributed by atoms with Crippen LogP contribution >= 0.6 is 0 Å². The Balaban J connectivity index is 1.42. The van der Waals surface area contributed by atoms with E-state index in [-0.39, 0.29) is 43.2 Å². The number of aliphatic hydroxyl groups is 1. The molecule has 3 fully saturated rings. The van der Waals surface area contributed by atoms with Gasteiger partial charge in [-0.1, -0.05) is 0 Å². The average Bonchev–Trinajstić information content (AvgIpc) is 2.68. The van der Waals surface area contributed by atoms with E-state index in [1.54, 1.807) is 29.4 Å². The third-order valence-corrected chi connectivity index (χ3v) is 6.05. The maximum absolute atomic E-state index is 13.1. The number of carbonyl (C=O) groups is 2. The molecule has 1 aromatic rings. The molecule has 2 N–H and O–H groups in total. The van der Waals surface area contributed by atoms with E-state index >= 15 is 0 Å². The van der Waals surface area contributed by atoms with Crippen LogP contribution in [0.1, 0.15) is 48.9 Å². The zero-order chi connectivity index (χ0) is 20.2. The lowest BCUT2D eigenvalue weighted by Crippen LogP contribution is -2.57. The van der Waals surface area contributed by atoms with Gasteiger partial charge in [-0.3, -0.25) is 14.6 Å². The van der Waals surface area contributed by atoms with E-state index < -0.39 is 6.10 Å². The maximum atomic E-state index is 13.1. The molecule has 4 atom stereocenters. The first-order valence-corrected chi connectivity index (χ1v) is 10.5. The molecule has 1 saturated carbocycles. The number of hydrogen-bond donors (Lipinski definition) is 2. The molecule has 158 valence electrons. The number of pyridine rings is 1. The van der Waals surface area contributed by atoms with Crippen LogP contribution in [0.4, 0.5) is 0 Å². The third kappa shape index (κ3) is 4.94. The summed E-state index contributed by atoms with van der Waals surface area (Å²) in [6, 6.07) is 3.47. The summed E-state index contributed by atoms with van der Waals surface area (Å²) in [6.45, 7) is 0.640. The lowest BCUT2D eigenvalue weighted by atomic mass is 9.92. The highest BCUT2D eigenvalue weighted by Crippen LogP contribution is 2.29. The number of ether oxygens (including phenoxy) is 2. The largest absolute Gasteiger partial charge is 0.389 e. The van der Waals surface area contributed by atoms with Gasteiger partial charge in [-0.2, -0.15) is 0 Å². The fraction of sp³-hybridized carbons (Fsp3) is 0.667. The lowest BCUT2D eigenvalue weighted by Gasteiger charge is -2.44. The van der Waals surface area contributed by atoms with Gasteiger partial charge in [0.05, 0.1) is 37.9 Å². The molecule has 0 radical (unpaired) electrons. The Morgan fingerprint density at radius 1 is 1.17 bits per heavy atom. The number of aliphatic hydroxyl groups excluding tert-OH is 1. The van der Waals surface area contributed by atoms with Gasteiger partial charge in [-0.05, 0) is 44.2 Å². The van der Waals surface area contributed by atoms with Crippen molar-refractivity contribution in [3.8, 4) is 0 Å². The van der Waals surface area contributed by atoms with Gasteiger partial charge in [-0.25, -0.2) is 0 Å². The first kappa shape index (κ1) is 20.3. The van der Waals surface area contributed by atoms with E-state index in [1.807, 2.05) is 0 Å². The van der Waals surface area contributed by atoms with Crippen molar-refractivity contribution < 1.29 is 24.2 Å². The molecule has 3 heterocycles. The minimum atomic E-state index is -0.743. The van der Waals surface area contributed by atoms with Crippen LogP contribution in [0.15, 0.2) is 24.5 Å². The SMILES string of the molecule is O=C(C[C@@H]1CC[C@H]2[C@@H](COC[C@@H](O)CN2C(=O)c2ccncc2)O1)NC1CCC1. The second-order valence-electron chi connectivity index (χ2n) is 8.23. The van der Waals surface area contributed by atoms with Crippen LogP contribution in [0.2, 0.25) is 0 Å². The van der Waals surface area contributed by atoms with Crippen LogP contribution in [0.25, 0.3) is 0 Å². The Morgan fingerprint density at radius 2 is 1.97 bits per heavy atom. The molecule has 0 spiro atoms. The van der Waals surface area contributed by atoms with Crippen molar-refractivity contribution in [3.05, 3.63) is 30.1 Å². The fourth-order valence-corrected chi connectivity index (χ4v) is 4.28. The van der Waals surface area contributed by atoms with Gasteiger partial charge < -0.3 is 24.8 Å². The third-order valence-electron chi connectivity index (χ3n) is 6.05. The van der Waals surface area contributed by atoms with Crippen molar-refractivity contribution in [2.45, 2.75) is 68.9 Å². The molecule has 2 aliphatic heterocycles. The Morgan fingerprint density at radius 3 is 2.69 bits per heavy atom. The molecule has 2 amide bonds. The van der Waals surface area contributed by atoms with E-state index in [4.69, 9.17) is 9.47 Å². The van der Waals surface area contributed by atoms with Crippen LogP contribution in [-0.4, -0.2) is 77.0 Å². The number of fused-ring (bicyclic) bond motifs is 1. The molecular weight excluding hydrogens is 374 g/mol. The topological polar surface area (TPSA) is 101 Å². The van der Waals surface area contributed by atoms with Gasteiger partial charge >= 0.3 is 0 Å². The van der Waals surface area contributed by atoms with Crippen molar-refractivity contribution in [1.29, 1.82) is 0 Å². The lowest BCUT2D eigenvalue weighted by molar-refractivity contribution is -0.151. The highest BCUT2D eigenvalue weighted by atomic mass is 16.5. The normalized spacial score (nSPS) is 30.4. The standard InChI is InChI=1S/C21H29N3O5/c25-16-11-24(21(27)14-6-8-22-9-7-14)18-5-4-17(29-19(18)13-28-12-16)10-20(26)23-15-2-1-3-15/h6-9,15-19,25H,1-5,10-13H2,(H,23,26)/t16-,17-,18-,19+/m0/s1. The Kier molecular flexibility index (Phi) is 6.42. The van der Waals surface area contributed by atoms with Crippen molar-refractivity contribution in [2.75, 3.05) is 19.8 Å². The molecule has 2 saturated heterocycles. The summed E-state index contributed by atoms with van der Waals surface area (Å²) in [4.78, 5) is 31.1. The van der Waals surface area contributed by atoms with E-state index in [2.05, 4.69) is 10.3 Å². The molecule has 1 aliphatic carbocycles. The number of β-amino-alcohol motifs (C(OH)–C–C–N with tert-alkyl or cyclic N) is 1. The molecule has 0 aromatic carbocycles. The molecular formula is C21H29N3O5. The molecule has 8 nitrogen and oxygen atoms in total. The van der Waals surface area contributed by atoms with Crippen LogP contribution < -0.4 is 5.32 Å². The Bertz CT molecular complexity index is 712. The molecule has 4 rings (SSSR count). The number of nitrogens with one attached hydrogen (secondary N) is 1. The summed E-state index contributed by atoms with van der Waals surface area (Å²) in [7, 11) is 0. The predicted octanol–water partition coefficient (Wildman–Crippen LogP) is 0.890. The molecule has 8 heteroatoms. The molecule has 3 aliphatic rings. The minimum Gasteiger partial charge on any atom is -0.389 e. The maximum Gasteiger partial charge on any atom is 0.254 e. The number of carbonyl (C=O) groups excluding carboxylic acids is 2. The van der Waals surface area contributed by atoms with E-state index in [0.29, 0.717) is 37.5 Å². The fourth-order valence-electron chi connectivity index (χ4n) is 4.28. The predicted molar refractivity (Wildman–Crippen MR) is 104 cm³/mol. The first-order chi connectivity index (χ1) is 14.1. The van der Waals surface area contributed by atoms with Gasteiger partial charge in [0.2, 0.25) is 5.91 Å². The van der Waals surface area contributed by atoms with Crippen molar-refractivity contribution >= 4 is 11.8 Å². The van der Waals surface area contributed by atoms with Crippen LogP contribution in [0, 0.1) is 0 Å². The monoisotopic (exact) mass is 403 g/mol. The quantitative estimate of drug-likeness (QED) is 0.774.